The van der Waals surface area contributed by atoms with E-state index < -0.39 is 0 Å². The van der Waals surface area contributed by atoms with Crippen LogP contribution >= 0.6 is 0 Å². The van der Waals surface area contributed by atoms with Gasteiger partial charge in [0.25, 0.3) is 6.92 Å². The van der Waals surface area contributed by atoms with E-state index in [0.29, 0.717) is 0 Å². The Hall–Kier alpha value is -0.495. The Balaban J connectivity index is 3.33. The van der Waals surface area contributed by atoms with Gasteiger partial charge in [-0.05, 0) is 26.5 Å². The summed E-state index contributed by atoms with van der Waals surface area (Å²) in [6.07, 6.45) is 9.40. The molecule has 1 N–H and O–H groups in total. The second-order valence-electron chi connectivity index (χ2n) is 2.26. The normalized spacial score (nSPS) is 11.5. The highest BCUT2D eigenvalue weighted by Crippen LogP contribution is 1.97. The smallest absolute Gasteiger partial charge is 0.296 e. The number of rotatable bonds is 4. The highest BCUT2D eigenvalue weighted by atomic mass is 16.2. The fraction of sp³-hybridized carbons (Fsp3) is 0.500. The SMILES string of the molecule is CC=CCB(O)CC=CC. The third kappa shape index (κ3) is 5.64. The molecule has 0 unspecified atom stereocenters. The summed E-state index contributed by atoms with van der Waals surface area (Å²) in [6, 6.07) is 0. The second kappa shape index (κ2) is 6.62. The molecular formula is C8H15BO. The van der Waals surface area contributed by atoms with Crippen molar-refractivity contribution in [2.45, 2.75) is 26.5 Å². The largest absolute Gasteiger partial charge is 0.450 e. The van der Waals surface area contributed by atoms with Gasteiger partial charge in [0.1, 0.15) is 0 Å². The van der Waals surface area contributed by atoms with Crippen molar-refractivity contribution in [3.05, 3.63) is 24.3 Å². The standard InChI is InChI=1S/C8H15BO/c1-3-5-7-9(10)8-6-4-2/h3-6,10H,7-8H2,1-2H3. The van der Waals surface area contributed by atoms with E-state index in [1.807, 2.05) is 38.2 Å². The van der Waals surface area contributed by atoms with Crippen LogP contribution in [0.4, 0.5) is 0 Å². The van der Waals surface area contributed by atoms with E-state index in [9.17, 15) is 5.02 Å². The van der Waals surface area contributed by atoms with Crippen LogP contribution < -0.4 is 0 Å². The van der Waals surface area contributed by atoms with Gasteiger partial charge in [-0.2, -0.15) is 0 Å². The van der Waals surface area contributed by atoms with Crippen LogP contribution in [-0.4, -0.2) is 11.9 Å². The van der Waals surface area contributed by atoms with Gasteiger partial charge in [-0.25, -0.2) is 0 Å². The van der Waals surface area contributed by atoms with Gasteiger partial charge in [0.15, 0.2) is 0 Å². The summed E-state index contributed by atoms with van der Waals surface area (Å²) >= 11 is 0. The van der Waals surface area contributed by atoms with Crippen LogP contribution in [0, 0.1) is 0 Å². The van der Waals surface area contributed by atoms with Crippen molar-refractivity contribution >= 4 is 6.92 Å². The number of allylic oxidation sites excluding steroid dienone is 4. The second-order valence-corrected chi connectivity index (χ2v) is 2.26. The third-order valence-corrected chi connectivity index (χ3v) is 1.29. The van der Waals surface area contributed by atoms with Crippen molar-refractivity contribution in [2.24, 2.45) is 0 Å². The van der Waals surface area contributed by atoms with Gasteiger partial charge in [-0.1, -0.05) is 24.3 Å². The molecule has 0 aliphatic carbocycles. The van der Waals surface area contributed by atoms with Crippen molar-refractivity contribution in [3.8, 4) is 0 Å². The van der Waals surface area contributed by atoms with Crippen molar-refractivity contribution in [1.29, 1.82) is 0 Å². The van der Waals surface area contributed by atoms with Gasteiger partial charge in [-0.15, -0.1) is 0 Å². The summed E-state index contributed by atoms with van der Waals surface area (Å²) in [6.45, 7) is 3.72. The first-order valence-electron chi connectivity index (χ1n) is 3.71. The third-order valence-electron chi connectivity index (χ3n) is 1.29. The molecule has 10 heavy (non-hydrogen) atoms. The van der Waals surface area contributed by atoms with E-state index in [2.05, 4.69) is 0 Å². The van der Waals surface area contributed by atoms with Crippen molar-refractivity contribution < 1.29 is 5.02 Å². The Labute approximate surface area is 63.6 Å². The van der Waals surface area contributed by atoms with E-state index in [0.717, 1.165) is 12.6 Å². The first-order chi connectivity index (χ1) is 4.81. The van der Waals surface area contributed by atoms with E-state index in [1.54, 1.807) is 0 Å². The summed E-state index contributed by atoms with van der Waals surface area (Å²) in [7, 11) is 0. The van der Waals surface area contributed by atoms with E-state index in [1.165, 1.54) is 0 Å². The quantitative estimate of drug-likeness (QED) is 0.466. The molecule has 0 heterocycles. The van der Waals surface area contributed by atoms with Crippen LogP contribution in [0.1, 0.15) is 13.8 Å². The predicted octanol–water partition coefficient (Wildman–Crippen LogP) is 2.12. The summed E-state index contributed by atoms with van der Waals surface area (Å²) < 4.78 is 0. The van der Waals surface area contributed by atoms with Crippen molar-refractivity contribution in [3.63, 3.8) is 0 Å². The average molecular weight is 138 g/mol. The predicted molar refractivity (Wildman–Crippen MR) is 47.2 cm³/mol. The zero-order valence-corrected chi connectivity index (χ0v) is 6.75. The first kappa shape index (κ1) is 9.50. The topological polar surface area (TPSA) is 20.2 Å². The van der Waals surface area contributed by atoms with E-state index >= 15 is 0 Å². The highest BCUT2D eigenvalue weighted by Gasteiger charge is 2.03. The maximum absolute atomic E-state index is 9.21. The summed E-state index contributed by atoms with van der Waals surface area (Å²) in [5, 5.41) is 9.21. The molecule has 0 aliphatic heterocycles. The van der Waals surface area contributed by atoms with Gasteiger partial charge in [0, 0.05) is 0 Å². The lowest BCUT2D eigenvalue weighted by atomic mass is 9.62. The Kier molecular flexibility index (Phi) is 6.29. The molecule has 0 saturated carbocycles. The molecule has 0 amide bonds. The minimum absolute atomic E-state index is 0.201. The minimum Gasteiger partial charge on any atom is -0.450 e. The molecule has 0 spiro atoms. The highest BCUT2D eigenvalue weighted by molar-refractivity contribution is 6.51. The fourth-order valence-electron chi connectivity index (χ4n) is 0.683. The molecular weight excluding hydrogens is 123 g/mol. The monoisotopic (exact) mass is 138 g/mol. The maximum atomic E-state index is 9.21. The minimum atomic E-state index is -0.201. The van der Waals surface area contributed by atoms with E-state index in [-0.39, 0.29) is 6.92 Å². The Morgan fingerprint density at radius 1 is 1.10 bits per heavy atom. The van der Waals surface area contributed by atoms with Crippen LogP contribution in [0.3, 0.4) is 0 Å². The zero-order chi connectivity index (χ0) is 7.82. The molecule has 0 fully saturated rings. The molecule has 0 radical (unpaired) electrons. The van der Waals surface area contributed by atoms with Crippen molar-refractivity contribution in [1.82, 2.24) is 0 Å². The molecule has 0 aromatic rings. The Morgan fingerprint density at radius 2 is 1.50 bits per heavy atom. The molecule has 56 valence electrons. The average Bonchev–Trinajstić information content (AvgIpc) is 1.97. The van der Waals surface area contributed by atoms with Crippen LogP contribution in [0.5, 0.6) is 0 Å². The van der Waals surface area contributed by atoms with Crippen LogP contribution in [-0.2, 0) is 0 Å². The fourth-order valence-corrected chi connectivity index (χ4v) is 0.683. The lowest BCUT2D eigenvalue weighted by Gasteiger charge is -1.96. The Bertz CT molecular complexity index is 104. The van der Waals surface area contributed by atoms with Crippen LogP contribution in [0.2, 0.25) is 12.6 Å². The number of hydrogen-bond acceptors (Lipinski definition) is 1. The molecule has 2 heteroatoms. The first-order valence-corrected chi connectivity index (χ1v) is 3.71. The molecule has 0 bridgehead atoms. The molecule has 1 nitrogen and oxygen atoms in total. The molecule has 0 aromatic heterocycles. The van der Waals surface area contributed by atoms with Crippen molar-refractivity contribution in [2.75, 3.05) is 0 Å². The maximum Gasteiger partial charge on any atom is 0.296 e. The van der Waals surface area contributed by atoms with Gasteiger partial charge in [-0.3, -0.25) is 0 Å². The van der Waals surface area contributed by atoms with Gasteiger partial charge >= 0.3 is 0 Å². The van der Waals surface area contributed by atoms with E-state index in [4.69, 9.17) is 0 Å². The Morgan fingerprint density at radius 3 is 1.80 bits per heavy atom. The summed E-state index contributed by atoms with van der Waals surface area (Å²) in [5.41, 5.74) is 0. The molecule has 0 aromatic carbocycles. The molecule has 0 saturated heterocycles. The molecule has 0 rings (SSSR count). The summed E-state index contributed by atoms with van der Waals surface area (Å²) in [4.78, 5) is 0. The van der Waals surface area contributed by atoms with Crippen LogP contribution in [0.25, 0.3) is 0 Å². The number of hydrogen-bond donors (Lipinski definition) is 1. The van der Waals surface area contributed by atoms with Gasteiger partial charge in [0.05, 0.1) is 0 Å². The lowest BCUT2D eigenvalue weighted by molar-refractivity contribution is 0.576. The zero-order valence-electron chi connectivity index (χ0n) is 6.75. The molecule has 0 aliphatic rings. The molecule has 0 atom stereocenters. The van der Waals surface area contributed by atoms with Gasteiger partial charge < -0.3 is 5.02 Å². The van der Waals surface area contributed by atoms with Gasteiger partial charge in [0.2, 0.25) is 0 Å². The lowest BCUT2D eigenvalue weighted by Crippen LogP contribution is -2.07. The summed E-state index contributed by atoms with van der Waals surface area (Å²) in [5.74, 6) is 0. The van der Waals surface area contributed by atoms with Crippen LogP contribution in [0.15, 0.2) is 24.3 Å².